The van der Waals surface area contributed by atoms with E-state index in [2.05, 4.69) is 23.5 Å². The van der Waals surface area contributed by atoms with E-state index in [1.54, 1.807) is 18.4 Å². The highest BCUT2D eigenvalue weighted by molar-refractivity contribution is 7.18. The highest BCUT2D eigenvalue weighted by Gasteiger charge is 2.32. The molecule has 144 valence electrons. The lowest BCUT2D eigenvalue weighted by Crippen LogP contribution is -2.36. The lowest BCUT2D eigenvalue weighted by atomic mass is 9.82. The predicted octanol–water partition coefficient (Wildman–Crippen LogP) is 4.71. The molecule has 1 amide bonds. The van der Waals surface area contributed by atoms with Gasteiger partial charge in [-0.15, -0.1) is 11.3 Å². The van der Waals surface area contributed by atoms with E-state index in [9.17, 15) is 4.79 Å². The van der Waals surface area contributed by atoms with Crippen LogP contribution >= 0.6 is 11.3 Å². The molecule has 2 aromatic carbocycles. The lowest BCUT2D eigenvalue weighted by molar-refractivity contribution is -0.125. The molecule has 0 aliphatic heterocycles. The van der Waals surface area contributed by atoms with E-state index in [0.29, 0.717) is 6.54 Å². The third kappa shape index (κ3) is 3.94. The van der Waals surface area contributed by atoms with Crippen LogP contribution in [-0.2, 0) is 11.2 Å². The Morgan fingerprint density at radius 1 is 1.14 bits per heavy atom. The molecule has 1 aliphatic rings. The molecule has 0 radical (unpaired) electrons. The Morgan fingerprint density at radius 2 is 1.93 bits per heavy atom. The summed E-state index contributed by atoms with van der Waals surface area (Å²) in [5.41, 5.74) is 2.13. The van der Waals surface area contributed by atoms with E-state index in [-0.39, 0.29) is 17.7 Å². The van der Waals surface area contributed by atoms with Gasteiger partial charge in [0.25, 0.3) is 0 Å². The van der Waals surface area contributed by atoms with Crippen molar-refractivity contribution in [3.8, 4) is 5.75 Å². The number of para-hydroxylation sites is 2. The van der Waals surface area contributed by atoms with Crippen LogP contribution in [0.3, 0.4) is 0 Å². The van der Waals surface area contributed by atoms with Crippen LogP contribution in [0.5, 0.6) is 5.75 Å². The molecular formula is C23H24N2O2S. The first-order valence-corrected chi connectivity index (χ1v) is 10.5. The van der Waals surface area contributed by atoms with Crippen molar-refractivity contribution in [2.45, 2.75) is 25.2 Å². The second-order valence-electron chi connectivity index (χ2n) is 7.03. The molecule has 2 atom stereocenters. The van der Waals surface area contributed by atoms with Gasteiger partial charge in [0.1, 0.15) is 5.75 Å². The van der Waals surface area contributed by atoms with Gasteiger partial charge in [0.05, 0.1) is 28.3 Å². The summed E-state index contributed by atoms with van der Waals surface area (Å²) in [7, 11) is 1.67. The first-order valence-electron chi connectivity index (χ1n) is 9.66. The van der Waals surface area contributed by atoms with Crippen LogP contribution in [0.25, 0.3) is 10.2 Å². The highest BCUT2D eigenvalue weighted by atomic mass is 32.1. The normalized spacial score (nSPS) is 18.9. The van der Waals surface area contributed by atoms with Crippen molar-refractivity contribution in [1.29, 1.82) is 0 Å². The van der Waals surface area contributed by atoms with E-state index in [4.69, 9.17) is 9.72 Å². The van der Waals surface area contributed by atoms with Crippen LogP contribution in [-0.4, -0.2) is 24.5 Å². The molecule has 4 nitrogen and oxygen atoms in total. The average molecular weight is 393 g/mol. The van der Waals surface area contributed by atoms with Crippen molar-refractivity contribution in [3.63, 3.8) is 0 Å². The van der Waals surface area contributed by atoms with Gasteiger partial charge in [-0.25, -0.2) is 4.98 Å². The molecule has 0 fully saturated rings. The fraction of sp³-hybridized carbons (Fsp3) is 0.304. The largest absolute Gasteiger partial charge is 0.496 e. The minimum absolute atomic E-state index is 0.0665. The summed E-state index contributed by atoms with van der Waals surface area (Å²) < 4.78 is 6.58. The van der Waals surface area contributed by atoms with Crippen molar-refractivity contribution < 1.29 is 9.53 Å². The van der Waals surface area contributed by atoms with E-state index < -0.39 is 0 Å². The molecule has 0 saturated carbocycles. The van der Waals surface area contributed by atoms with Crippen LogP contribution in [0.4, 0.5) is 0 Å². The third-order valence-electron chi connectivity index (χ3n) is 5.28. The summed E-state index contributed by atoms with van der Waals surface area (Å²) in [4.78, 5) is 17.7. The Hall–Kier alpha value is -2.66. The van der Waals surface area contributed by atoms with Gasteiger partial charge in [0.2, 0.25) is 5.91 Å². The number of hydrogen-bond donors (Lipinski definition) is 1. The number of carbonyl (C=O) groups is 1. The molecule has 1 N–H and O–H groups in total. The highest BCUT2D eigenvalue weighted by Crippen LogP contribution is 2.38. The maximum Gasteiger partial charge on any atom is 0.224 e. The van der Waals surface area contributed by atoms with Gasteiger partial charge in [-0.3, -0.25) is 4.79 Å². The number of carbonyl (C=O) groups excluding carboxylic acids is 1. The maximum absolute atomic E-state index is 12.9. The van der Waals surface area contributed by atoms with Gasteiger partial charge < -0.3 is 10.1 Å². The molecule has 0 saturated heterocycles. The number of allylic oxidation sites excluding steroid dienone is 2. The smallest absolute Gasteiger partial charge is 0.224 e. The Morgan fingerprint density at radius 3 is 2.79 bits per heavy atom. The number of nitrogens with zero attached hydrogens (tertiary/aromatic N) is 1. The van der Waals surface area contributed by atoms with Crippen molar-refractivity contribution in [2.75, 3.05) is 13.7 Å². The standard InChI is InChI=1S/C23H24N2O2S/c1-27-20-12-6-2-8-16(20)14-15-24-22(26)17-9-3-4-10-18(17)23-25-19-11-5-7-13-21(19)28-23/h2-8,11-13,17-18H,9-10,14-15H2,1H3,(H,24,26). The minimum Gasteiger partial charge on any atom is -0.496 e. The first-order chi connectivity index (χ1) is 13.8. The van der Waals surface area contributed by atoms with Gasteiger partial charge in [0.15, 0.2) is 0 Å². The zero-order chi connectivity index (χ0) is 19.3. The average Bonchev–Trinajstić information content (AvgIpc) is 3.18. The van der Waals surface area contributed by atoms with Gasteiger partial charge >= 0.3 is 0 Å². The summed E-state index contributed by atoms with van der Waals surface area (Å²) in [6, 6.07) is 16.1. The van der Waals surface area contributed by atoms with Crippen molar-refractivity contribution in [2.24, 2.45) is 5.92 Å². The van der Waals surface area contributed by atoms with E-state index in [1.807, 2.05) is 42.5 Å². The third-order valence-corrected chi connectivity index (χ3v) is 6.45. The van der Waals surface area contributed by atoms with Crippen LogP contribution in [0.1, 0.15) is 29.3 Å². The Bertz CT molecular complexity index is 962. The lowest BCUT2D eigenvalue weighted by Gasteiger charge is -2.26. The maximum atomic E-state index is 12.9. The number of nitrogens with one attached hydrogen (secondary N) is 1. The van der Waals surface area contributed by atoms with Gasteiger partial charge in [-0.1, -0.05) is 42.5 Å². The molecule has 1 aliphatic carbocycles. The first kappa shape index (κ1) is 18.7. The van der Waals surface area contributed by atoms with Crippen molar-refractivity contribution in [3.05, 3.63) is 71.3 Å². The monoisotopic (exact) mass is 392 g/mol. The summed E-state index contributed by atoms with van der Waals surface area (Å²) in [5, 5.41) is 4.20. The van der Waals surface area contributed by atoms with Crippen molar-refractivity contribution in [1.82, 2.24) is 10.3 Å². The summed E-state index contributed by atoms with van der Waals surface area (Å²) in [5.74, 6) is 1.06. The van der Waals surface area contributed by atoms with Crippen LogP contribution in [0.2, 0.25) is 0 Å². The van der Waals surface area contributed by atoms with Crippen LogP contribution < -0.4 is 10.1 Å². The van der Waals surface area contributed by atoms with Crippen LogP contribution in [0, 0.1) is 5.92 Å². The summed E-state index contributed by atoms with van der Waals surface area (Å²) in [6.07, 6.45) is 6.68. The zero-order valence-electron chi connectivity index (χ0n) is 15.9. The van der Waals surface area contributed by atoms with Gasteiger partial charge in [0, 0.05) is 12.5 Å². The zero-order valence-corrected chi connectivity index (χ0v) is 16.7. The fourth-order valence-corrected chi connectivity index (χ4v) is 4.93. The fourth-order valence-electron chi connectivity index (χ4n) is 3.79. The Balaban J connectivity index is 1.44. The second-order valence-corrected chi connectivity index (χ2v) is 8.09. The summed E-state index contributed by atoms with van der Waals surface area (Å²) >= 11 is 1.71. The van der Waals surface area contributed by atoms with Crippen molar-refractivity contribution >= 4 is 27.5 Å². The quantitative estimate of drug-likeness (QED) is 0.618. The molecule has 1 aromatic heterocycles. The molecule has 1 heterocycles. The molecule has 28 heavy (non-hydrogen) atoms. The van der Waals surface area contributed by atoms with E-state index in [1.165, 1.54) is 4.70 Å². The topological polar surface area (TPSA) is 51.2 Å². The second kappa shape index (κ2) is 8.57. The number of fused-ring (bicyclic) bond motifs is 1. The number of benzene rings is 2. The van der Waals surface area contributed by atoms with E-state index >= 15 is 0 Å². The molecular weight excluding hydrogens is 368 g/mol. The van der Waals surface area contributed by atoms with Gasteiger partial charge in [-0.2, -0.15) is 0 Å². The van der Waals surface area contributed by atoms with Gasteiger partial charge in [-0.05, 0) is 43.0 Å². The molecule has 0 bridgehead atoms. The molecule has 5 heteroatoms. The predicted molar refractivity (Wildman–Crippen MR) is 114 cm³/mol. The molecule has 0 spiro atoms. The molecule has 3 aromatic rings. The number of rotatable bonds is 6. The number of ether oxygens (including phenoxy) is 1. The summed E-state index contributed by atoms with van der Waals surface area (Å²) in [6.45, 7) is 0.603. The number of thiazole rings is 1. The number of aromatic nitrogens is 1. The number of hydrogen-bond acceptors (Lipinski definition) is 4. The molecule has 2 unspecified atom stereocenters. The van der Waals surface area contributed by atoms with E-state index in [0.717, 1.165) is 41.1 Å². The Kier molecular flexibility index (Phi) is 5.72. The number of methoxy groups -OCH3 is 1. The minimum atomic E-state index is -0.0665. The molecule has 4 rings (SSSR count). The van der Waals surface area contributed by atoms with Crippen LogP contribution in [0.15, 0.2) is 60.7 Å². The Labute approximate surface area is 169 Å². The SMILES string of the molecule is COc1ccccc1CCNC(=O)C1CC=CCC1c1nc2ccccc2s1. The number of amides is 1.